The fourth-order valence-corrected chi connectivity index (χ4v) is 5.01. The first-order valence-corrected chi connectivity index (χ1v) is 11.9. The predicted octanol–water partition coefficient (Wildman–Crippen LogP) is 4.01. The molecule has 35 heavy (non-hydrogen) atoms. The van der Waals surface area contributed by atoms with Crippen molar-refractivity contribution >= 4 is 28.7 Å². The first-order chi connectivity index (χ1) is 16.9. The first-order valence-electron chi connectivity index (χ1n) is 11.9. The second-order valence-electron chi connectivity index (χ2n) is 9.28. The number of carbonyl (C=O) groups excluding carboxylic acids is 1. The largest absolute Gasteiger partial charge is 0.478 e. The van der Waals surface area contributed by atoms with Crippen LogP contribution in [0.4, 0.5) is 10.5 Å². The van der Waals surface area contributed by atoms with Crippen LogP contribution in [0.15, 0.2) is 42.5 Å². The number of nitrogens with zero attached hydrogens (tertiary/aromatic N) is 5. The molecule has 0 saturated carbocycles. The van der Waals surface area contributed by atoms with Gasteiger partial charge >= 0.3 is 12.1 Å². The number of carboxylic acids is 1. The maximum absolute atomic E-state index is 12.6. The van der Waals surface area contributed by atoms with Crippen molar-refractivity contribution in [3.63, 3.8) is 0 Å². The smallest absolute Gasteiger partial charge is 0.415 e. The van der Waals surface area contributed by atoms with Crippen LogP contribution in [-0.2, 0) is 17.8 Å². The Kier molecular flexibility index (Phi) is 5.91. The minimum Gasteiger partial charge on any atom is -0.478 e. The molecule has 0 aliphatic carbocycles. The van der Waals surface area contributed by atoms with Crippen LogP contribution < -0.4 is 4.90 Å². The number of anilines is 1. The molecule has 1 spiro atoms. The molecule has 1 N–H and O–H groups in total. The minimum absolute atomic E-state index is 0.182. The number of amides is 1. The lowest BCUT2D eigenvalue weighted by Crippen LogP contribution is -2.46. The van der Waals surface area contributed by atoms with Crippen LogP contribution in [0.3, 0.4) is 0 Å². The monoisotopic (exact) mass is 473 g/mol. The SMILES string of the molecule is CCCn1nc(CN2CCC3(CC2)CN(c2ccc(C(=O)O)cc2)C(=O)O3)c2ccc(C#N)cc21. The van der Waals surface area contributed by atoms with Crippen molar-refractivity contribution in [2.24, 2.45) is 0 Å². The Bertz CT molecular complexity index is 1320. The van der Waals surface area contributed by atoms with E-state index in [1.165, 1.54) is 12.1 Å². The van der Waals surface area contributed by atoms with Crippen LogP contribution >= 0.6 is 0 Å². The predicted molar refractivity (Wildman–Crippen MR) is 129 cm³/mol. The fourth-order valence-electron chi connectivity index (χ4n) is 5.01. The van der Waals surface area contributed by atoms with Crippen molar-refractivity contribution in [3.05, 3.63) is 59.3 Å². The molecule has 2 aliphatic heterocycles. The van der Waals surface area contributed by atoms with Gasteiger partial charge in [0.25, 0.3) is 0 Å². The number of nitriles is 1. The molecule has 3 aromatic rings. The van der Waals surface area contributed by atoms with E-state index in [2.05, 4.69) is 17.9 Å². The van der Waals surface area contributed by atoms with E-state index in [1.807, 2.05) is 22.9 Å². The molecule has 2 aromatic carbocycles. The number of likely N-dealkylation sites (tertiary alicyclic amines) is 1. The highest BCUT2D eigenvalue weighted by molar-refractivity contribution is 5.92. The van der Waals surface area contributed by atoms with Gasteiger partial charge in [-0.05, 0) is 48.9 Å². The van der Waals surface area contributed by atoms with Crippen molar-refractivity contribution < 1.29 is 19.4 Å². The number of aromatic carboxylic acids is 1. The van der Waals surface area contributed by atoms with E-state index >= 15 is 0 Å². The Morgan fingerprint density at radius 2 is 1.94 bits per heavy atom. The molecule has 180 valence electrons. The quantitative estimate of drug-likeness (QED) is 0.576. The van der Waals surface area contributed by atoms with E-state index in [9.17, 15) is 14.9 Å². The summed E-state index contributed by atoms with van der Waals surface area (Å²) in [5.41, 5.74) is 2.91. The van der Waals surface area contributed by atoms with Crippen LogP contribution in [0.2, 0.25) is 0 Å². The maximum atomic E-state index is 12.6. The van der Waals surface area contributed by atoms with E-state index in [0.29, 0.717) is 37.2 Å². The number of carbonyl (C=O) groups is 2. The molecule has 2 fully saturated rings. The summed E-state index contributed by atoms with van der Waals surface area (Å²) in [6.07, 6.45) is 2.00. The lowest BCUT2D eigenvalue weighted by atomic mass is 9.91. The third kappa shape index (κ3) is 4.33. The van der Waals surface area contributed by atoms with Crippen LogP contribution in [-0.4, -0.2) is 57.1 Å². The van der Waals surface area contributed by atoms with Gasteiger partial charge < -0.3 is 9.84 Å². The molecule has 2 aliphatic rings. The van der Waals surface area contributed by atoms with Crippen molar-refractivity contribution in [3.8, 4) is 6.07 Å². The topological polar surface area (TPSA) is 112 Å². The molecule has 1 amide bonds. The van der Waals surface area contributed by atoms with E-state index in [-0.39, 0.29) is 11.7 Å². The van der Waals surface area contributed by atoms with Gasteiger partial charge in [0.05, 0.1) is 35.0 Å². The van der Waals surface area contributed by atoms with Crippen molar-refractivity contribution in [1.29, 1.82) is 5.26 Å². The number of hydrogen-bond acceptors (Lipinski definition) is 6. The standard InChI is InChI=1S/C26H27N5O4/c1-2-11-31-23-14-18(15-27)3-8-21(23)22(28-31)16-29-12-9-26(10-13-29)17-30(25(34)35-26)20-6-4-19(5-7-20)24(32)33/h3-8,14H,2,9-13,16-17H2,1H3,(H,32,33). The minimum atomic E-state index is -0.998. The third-order valence-corrected chi connectivity index (χ3v) is 6.93. The highest BCUT2D eigenvalue weighted by Crippen LogP contribution is 2.36. The maximum Gasteiger partial charge on any atom is 0.415 e. The number of piperidine rings is 1. The van der Waals surface area contributed by atoms with Gasteiger partial charge in [0.15, 0.2) is 0 Å². The molecule has 9 heteroatoms. The van der Waals surface area contributed by atoms with Crippen molar-refractivity contribution in [2.75, 3.05) is 24.5 Å². The molecule has 0 radical (unpaired) electrons. The van der Waals surface area contributed by atoms with Gasteiger partial charge in [-0.3, -0.25) is 14.5 Å². The number of fused-ring (bicyclic) bond motifs is 1. The average molecular weight is 474 g/mol. The molecule has 0 unspecified atom stereocenters. The lowest BCUT2D eigenvalue weighted by Gasteiger charge is -2.37. The number of aromatic nitrogens is 2. The van der Waals surface area contributed by atoms with Gasteiger partial charge in [-0.15, -0.1) is 0 Å². The Balaban J connectivity index is 1.27. The number of benzene rings is 2. The molecule has 0 atom stereocenters. The highest BCUT2D eigenvalue weighted by Gasteiger charge is 2.47. The van der Waals surface area contributed by atoms with E-state index in [0.717, 1.165) is 42.7 Å². The molecular weight excluding hydrogens is 446 g/mol. The Labute approximate surface area is 203 Å². The second-order valence-corrected chi connectivity index (χ2v) is 9.28. The van der Waals surface area contributed by atoms with Gasteiger partial charge in [0, 0.05) is 50.1 Å². The summed E-state index contributed by atoms with van der Waals surface area (Å²) in [6, 6.07) is 14.2. The molecule has 3 heterocycles. The Morgan fingerprint density at radius 3 is 2.60 bits per heavy atom. The zero-order chi connectivity index (χ0) is 24.6. The van der Waals surface area contributed by atoms with Gasteiger partial charge in [-0.25, -0.2) is 9.59 Å². The summed E-state index contributed by atoms with van der Waals surface area (Å²) in [6.45, 7) is 5.61. The third-order valence-electron chi connectivity index (χ3n) is 6.93. The summed E-state index contributed by atoms with van der Waals surface area (Å²) < 4.78 is 7.85. The summed E-state index contributed by atoms with van der Waals surface area (Å²) in [5.74, 6) is -0.998. The van der Waals surface area contributed by atoms with Gasteiger partial charge in [0.2, 0.25) is 0 Å². The van der Waals surface area contributed by atoms with Crippen LogP contribution in [0, 0.1) is 11.3 Å². The second kappa shape index (κ2) is 9.04. The summed E-state index contributed by atoms with van der Waals surface area (Å²) >= 11 is 0. The normalized spacial score (nSPS) is 17.6. The Hall–Kier alpha value is -3.90. The van der Waals surface area contributed by atoms with Crippen LogP contribution in [0.1, 0.15) is 47.8 Å². The summed E-state index contributed by atoms with van der Waals surface area (Å²) in [5, 5.41) is 24.3. The van der Waals surface area contributed by atoms with Gasteiger partial charge in [-0.1, -0.05) is 6.92 Å². The molecule has 5 rings (SSSR count). The van der Waals surface area contributed by atoms with Crippen molar-refractivity contribution in [1.82, 2.24) is 14.7 Å². The molecule has 0 bridgehead atoms. The van der Waals surface area contributed by atoms with Crippen LogP contribution in [0.5, 0.6) is 0 Å². The number of hydrogen-bond donors (Lipinski definition) is 1. The highest BCUT2D eigenvalue weighted by atomic mass is 16.6. The van der Waals surface area contributed by atoms with Gasteiger partial charge in [0.1, 0.15) is 5.60 Å². The average Bonchev–Trinajstić information content (AvgIpc) is 3.37. The fraction of sp³-hybridized carbons (Fsp3) is 0.385. The van der Waals surface area contributed by atoms with Crippen LogP contribution in [0.25, 0.3) is 10.9 Å². The summed E-state index contributed by atoms with van der Waals surface area (Å²) in [7, 11) is 0. The van der Waals surface area contributed by atoms with Gasteiger partial charge in [-0.2, -0.15) is 10.4 Å². The number of aryl methyl sites for hydroxylation is 1. The summed E-state index contributed by atoms with van der Waals surface area (Å²) in [4.78, 5) is 27.7. The van der Waals surface area contributed by atoms with E-state index < -0.39 is 11.6 Å². The zero-order valence-electron chi connectivity index (χ0n) is 19.6. The molecule has 9 nitrogen and oxygen atoms in total. The zero-order valence-corrected chi connectivity index (χ0v) is 19.6. The molecular formula is C26H27N5O4. The number of carboxylic acid groups (broad SMARTS) is 1. The molecule has 1 aromatic heterocycles. The number of ether oxygens (including phenoxy) is 1. The number of rotatable bonds is 6. The molecule has 2 saturated heterocycles. The van der Waals surface area contributed by atoms with Crippen molar-refractivity contribution in [2.45, 2.75) is 44.9 Å². The Morgan fingerprint density at radius 1 is 1.20 bits per heavy atom. The lowest BCUT2D eigenvalue weighted by molar-refractivity contribution is -0.00119. The first kappa shape index (κ1) is 22.9. The van der Waals surface area contributed by atoms with E-state index in [1.54, 1.807) is 17.0 Å². The van der Waals surface area contributed by atoms with E-state index in [4.69, 9.17) is 14.9 Å².